The van der Waals surface area contributed by atoms with Gasteiger partial charge in [-0.05, 0) is 39.7 Å². The molecule has 0 bridgehead atoms. The Morgan fingerprint density at radius 2 is 2.11 bits per heavy atom. The van der Waals surface area contributed by atoms with Crippen LogP contribution < -0.4 is 4.74 Å². The van der Waals surface area contributed by atoms with E-state index in [1.807, 2.05) is 12.1 Å². The second-order valence-corrected chi connectivity index (χ2v) is 6.98. The van der Waals surface area contributed by atoms with Crippen LogP contribution in [0.25, 0.3) is 0 Å². The number of ether oxygens (including phenoxy) is 1. The summed E-state index contributed by atoms with van der Waals surface area (Å²) in [5.74, 6) is -0.134. The summed E-state index contributed by atoms with van der Waals surface area (Å²) in [6.45, 7) is 0. The standard InChI is InChI=1S/C12H8Br2ClFOS/c1-17-9-3-2-6(4-8(9)16)11(14)10-5-7(13)12(15)18-10/h2-5,11H,1H3. The molecule has 1 unspecified atom stereocenters. The maximum atomic E-state index is 13.6. The number of rotatable bonds is 3. The van der Waals surface area contributed by atoms with Crippen molar-refractivity contribution in [2.75, 3.05) is 7.11 Å². The fourth-order valence-electron chi connectivity index (χ4n) is 1.49. The summed E-state index contributed by atoms with van der Waals surface area (Å²) in [6.07, 6.45) is 0. The topological polar surface area (TPSA) is 9.23 Å². The molecule has 0 aliphatic heterocycles. The van der Waals surface area contributed by atoms with Crippen LogP contribution >= 0.6 is 54.8 Å². The van der Waals surface area contributed by atoms with Gasteiger partial charge in [-0.1, -0.05) is 33.6 Å². The van der Waals surface area contributed by atoms with Gasteiger partial charge in [0.2, 0.25) is 0 Å². The molecular formula is C12H8Br2ClFOS. The molecule has 0 amide bonds. The van der Waals surface area contributed by atoms with Gasteiger partial charge in [0, 0.05) is 9.35 Å². The molecule has 0 saturated carbocycles. The summed E-state index contributed by atoms with van der Waals surface area (Å²) in [5, 5.41) is 0. The molecule has 0 aliphatic rings. The number of benzene rings is 1. The van der Waals surface area contributed by atoms with E-state index in [1.165, 1.54) is 24.5 Å². The quantitative estimate of drug-likeness (QED) is 0.577. The van der Waals surface area contributed by atoms with E-state index in [1.54, 1.807) is 6.07 Å². The number of hydrogen-bond acceptors (Lipinski definition) is 2. The lowest BCUT2D eigenvalue weighted by Gasteiger charge is -2.09. The van der Waals surface area contributed by atoms with Gasteiger partial charge in [0.1, 0.15) is 4.34 Å². The van der Waals surface area contributed by atoms with E-state index in [2.05, 4.69) is 31.9 Å². The first-order valence-corrected chi connectivity index (χ1v) is 7.85. The van der Waals surface area contributed by atoms with Crippen molar-refractivity contribution < 1.29 is 9.13 Å². The van der Waals surface area contributed by atoms with E-state index >= 15 is 0 Å². The van der Waals surface area contributed by atoms with Gasteiger partial charge in [-0.25, -0.2) is 4.39 Å². The van der Waals surface area contributed by atoms with Crippen molar-refractivity contribution in [2.24, 2.45) is 0 Å². The molecule has 0 aliphatic carbocycles. The number of thiophene rings is 1. The normalized spacial score (nSPS) is 12.5. The van der Waals surface area contributed by atoms with Crippen molar-refractivity contribution >= 4 is 54.8 Å². The lowest BCUT2D eigenvalue weighted by atomic mass is 10.1. The van der Waals surface area contributed by atoms with E-state index in [-0.39, 0.29) is 16.4 Å². The Balaban J connectivity index is 2.33. The third-order valence-electron chi connectivity index (χ3n) is 2.38. The maximum absolute atomic E-state index is 13.6. The number of alkyl halides is 1. The van der Waals surface area contributed by atoms with Gasteiger partial charge in [0.15, 0.2) is 11.6 Å². The van der Waals surface area contributed by atoms with E-state index < -0.39 is 0 Å². The minimum atomic E-state index is -0.374. The van der Waals surface area contributed by atoms with E-state index in [9.17, 15) is 4.39 Å². The van der Waals surface area contributed by atoms with E-state index in [0.29, 0.717) is 4.34 Å². The first-order chi connectivity index (χ1) is 8.52. The summed E-state index contributed by atoms with van der Waals surface area (Å²) in [7, 11) is 1.44. The van der Waals surface area contributed by atoms with E-state index in [0.717, 1.165) is 14.9 Å². The molecule has 0 saturated heterocycles. The van der Waals surface area contributed by atoms with Gasteiger partial charge in [0.25, 0.3) is 0 Å². The second-order valence-electron chi connectivity index (χ2n) is 3.53. The maximum Gasteiger partial charge on any atom is 0.165 e. The summed E-state index contributed by atoms with van der Waals surface area (Å²) >= 11 is 14.4. The van der Waals surface area contributed by atoms with Crippen molar-refractivity contribution in [1.29, 1.82) is 0 Å². The molecule has 1 aromatic heterocycles. The second kappa shape index (κ2) is 5.90. The van der Waals surface area contributed by atoms with Crippen LogP contribution in [0, 0.1) is 5.82 Å². The third-order valence-corrected chi connectivity index (χ3v) is 6.25. The predicted molar refractivity (Wildman–Crippen MR) is 80.8 cm³/mol. The van der Waals surface area contributed by atoms with Crippen LogP contribution in [0.1, 0.15) is 15.3 Å². The zero-order valence-corrected chi connectivity index (χ0v) is 14.0. The molecule has 6 heteroatoms. The molecule has 96 valence electrons. The van der Waals surface area contributed by atoms with Crippen LogP contribution in [0.4, 0.5) is 4.39 Å². The lowest BCUT2D eigenvalue weighted by molar-refractivity contribution is 0.386. The van der Waals surface area contributed by atoms with Crippen LogP contribution in [0.3, 0.4) is 0 Å². The summed E-state index contributed by atoms with van der Waals surface area (Å²) in [5.41, 5.74) is 0.818. The Kier molecular flexibility index (Phi) is 4.69. The fraction of sp³-hybridized carbons (Fsp3) is 0.167. The van der Waals surface area contributed by atoms with Crippen molar-refractivity contribution in [3.63, 3.8) is 0 Å². The van der Waals surface area contributed by atoms with Crippen LogP contribution in [0.5, 0.6) is 5.75 Å². The molecule has 0 radical (unpaired) electrons. The van der Waals surface area contributed by atoms with Gasteiger partial charge in [-0.15, -0.1) is 11.3 Å². The van der Waals surface area contributed by atoms with Crippen LogP contribution in [0.2, 0.25) is 4.34 Å². The van der Waals surface area contributed by atoms with Crippen LogP contribution in [0.15, 0.2) is 28.7 Å². The molecule has 2 rings (SSSR count). The smallest absolute Gasteiger partial charge is 0.165 e. The van der Waals surface area contributed by atoms with Gasteiger partial charge in [-0.3, -0.25) is 0 Å². The average molecular weight is 415 g/mol. The molecule has 0 fully saturated rings. The van der Waals surface area contributed by atoms with Crippen molar-refractivity contribution in [3.8, 4) is 5.75 Å². The molecule has 1 atom stereocenters. The average Bonchev–Trinajstić information content (AvgIpc) is 2.68. The summed E-state index contributed by atoms with van der Waals surface area (Å²) < 4.78 is 20.1. The molecule has 2 aromatic rings. The highest BCUT2D eigenvalue weighted by molar-refractivity contribution is 9.10. The van der Waals surface area contributed by atoms with Crippen molar-refractivity contribution in [3.05, 3.63) is 49.3 Å². The number of methoxy groups -OCH3 is 1. The largest absolute Gasteiger partial charge is 0.494 e. The Morgan fingerprint density at radius 1 is 1.39 bits per heavy atom. The van der Waals surface area contributed by atoms with Gasteiger partial charge >= 0.3 is 0 Å². The molecule has 0 spiro atoms. The highest BCUT2D eigenvalue weighted by Gasteiger charge is 2.16. The molecule has 1 heterocycles. The van der Waals surface area contributed by atoms with E-state index in [4.69, 9.17) is 16.3 Å². The monoisotopic (exact) mass is 412 g/mol. The third kappa shape index (κ3) is 2.90. The SMILES string of the molecule is COc1ccc(C(Br)c2cc(Br)c(Cl)s2)cc1F. The molecule has 1 aromatic carbocycles. The Hall–Kier alpha value is -0.100. The molecule has 0 N–H and O–H groups in total. The first-order valence-electron chi connectivity index (χ1n) is 4.95. The fourth-order valence-corrected chi connectivity index (χ4v) is 3.93. The van der Waals surface area contributed by atoms with Crippen LogP contribution in [-0.2, 0) is 0 Å². The molecule has 18 heavy (non-hydrogen) atoms. The van der Waals surface area contributed by atoms with Gasteiger partial charge in [-0.2, -0.15) is 0 Å². The lowest BCUT2D eigenvalue weighted by Crippen LogP contribution is -1.93. The number of hydrogen-bond donors (Lipinski definition) is 0. The van der Waals surface area contributed by atoms with Crippen molar-refractivity contribution in [2.45, 2.75) is 4.83 Å². The summed E-state index contributed by atoms with van der Waals surface area (Å²) in [6, 6.07) is 6.82. The predicted octanol–water partition coefficient (Wildman–Crippen LogP) is 5.80. The minimum Gasteiger partial charge on any atom is -0.494 e. The van der Waals surface area contributed by atoms with Gasteiger partial charge in [0.05, 0.1) is 11.9 Å². The van der Waals surface area contributed by atoms with Gasteiger partial charge < -0.3 is 4.74 Å². The zero-order valence-electron chi connectivity index (χ0n) is 9.22. The Morgan fingerprint density at radius 3 is 2.61 bits per heavy atom. The first kappa shape index (κ1) is 14.3. The highest BCUT2D eigenvalue weighted by atomic mass is 79.9. The van der Waals surface area contributed by atoms with Crippen LogP contribution in [-0.4, -0.2) is 7.11 Å². The minimum absolute atomic E-state index is 0.0910. The summed E-state index contributed by atoms with van der Waals surface area (Å²) in [4.78, 5) is 0.920. The number of halogens is 4. The van der Waals surface area contributed by atoms with Crippen molar-refractivity contribution in [1.82, 2.24) is 0 Å². The zero-order chi connectivity index (χ0) is 13.3. The Labute approximate surface area is 130 Å². The molecular weight excluding hydrogens is 406 g/mol. The molecule has 1 nitrogen and oxygen atoms in total. The highest BCUT2D eigenvalue weighted by Crippen LogP contribution is 2.41. The Bertz CT molecular complexity index is 554.